The maximum absolute atomic E-state index is 12.5. The summed E-state index contributed by atoms with van der Waals surface area (Å²) >= 11 is 3.45. The van der Waals surface area contributed by atoms with E-state index in [0.717, 1.165) is 10.0 Å². The van der Waals surface area contributed by atoms with Crippen LogP contribution >= 0.6 is 15.9 Å². The molecule has 0 saturated carbocycles. The molecule has 0 aliphatic rings. The summed E-state index contributed by atoms with van der Waals surface area (Å²) in [4.78, 5) is 16.5. The Morgan fingerprint density at radius 1 is 1.37 bits per heavy atom. The van der Waals surface area contributed by atoms with E-state index in [1.165, 1.54) is 0 Å². The average molecular weight is 320 g/mol. The quantitative estimate of drug-likeness (QED) is 0.805. The Morgan fingerprint density at radius 3 is 2.89 bits per heavy atom. The average Bonchev–Trinajstić information content (AvgIpc) is 2.42. The lowest BCUT2D eigenvalue weighted by atomic mass is 10.0. The molecule has 2 rings (SSSR count). The Morgan fingerprint density at radius 2 is 2.16 bits per heavy atom. The number of pyridine rings is 1. The molecule has 0 unspecified atom stereocenters. The molecule has 0 N–H and O–H groups in total. The van der Waals surface area contributed by atoms with E-state index in [1.807, 2.05) is 26.0 Å². The lowest BCUT2D eigenvalue weighted by Crippen LogP contribution is -2.04. The second-order valence-corrected chi connectivity index (χ2v) is 4.90. The van der Waals surface area contributed by atoms with Gasteiger partial charge in [0.25, 0.3) is 0 Å². The van der Waals surface area contributed by atoms with Crippen molar-refractivity contribution in [3.63, 3.8) is 0 Å². The van der Waals surface area contributed by atoms with Gasteiger partial charge in [-0.25, -0.2) is 0 Å². The van der Waals surface area contributed by atoms with Crippen LogP contribution in [0, 0.1) is 6.92 Å². The van der Waals surface area contributed by atoms with Crippen LogP contribution in [0.25, 0.3) is 0 Å². The monoisotopic (exact) mass is 319 g/mol. The number of aromatic nitrogens is 1. The largest absolute Gasteiger partial charge is 0.492 e. The van der Waals surface area contributed by atoms with E-state index in [4.69, 9.17) is 4.74 Å². The summed E-state index contributed by atoms with van der Waals surface area (Å²) in [5.41, 5.74) is 2.19. The van der Waals surface area contributed by atoms with Gasteiger partial charge >= 0.3 is 0 Å². The van der Waals surface area contributed by atoms with Gasteiger partial charge in [-0.3, -0.25) is 9.78 Å². The predicted molar refractivity (Wildman–Crippen MR) is 77.7 cm³/mol. The number of hydrogen-bond donors (Lipinski definition) is 0. The molecule has 1 aromatic heterocycles. The van der Waals surface area contributed by atoms with Crippen molar-refractivity contribution in [2.45, 2.75) is 13.8 Å². The predicted octanol–water partition coefficient (Wildman–Crippen LogP) is 3.78. The van der Waals surface area contributed by atoms with Crippen LogP contribution in [-0.2, 0) is 0 Å². The van der Waals surface area contributed by atoms with Gasteiger partial charge in [0.2, 0.25) is 0 Å². The Hall–Kier alpha value is -1.68. The Bertz CT molecular complexity index is 611. The Labute approximate surface area is 120 Å². The second kappa shape index (κ2) is 5.97. The second-order valence-electron chi connectivity index (χ2n) is 4.11. The first-order chi connectivity index (χ1) is 9.13. The molecule has 0 radical (unpaired) electrons. The lowest BCUT2D eigenvalue weighted by molar-refractivity contribution is 0.103. The SMILES string of the molecule is CCOc1cncc(C(=O)c2cccc(C)c2Br)c1. The zero-order chi connectivity index (χ0) is 13.8. The number of hydrogen-bond acceptors (Lipinski definition) is 3. The third kappa shape index (κ3) is 3.01. The summed E-state index contributed by atoms with van der Waals surface area (Å²) in [6, 6.07) is 7.34. The Balaban J connectivity index is 2.38. The van der Waals surface area contributed by atoms with Gasteiger partial charge in [0.1, 0.15) is 5.75 Å². The number of ketones is 1. The van der Waals surface area contributed by atoms with Gasteiger partial charge in [0, 0.05) is 21.8 Å². The standard InChI is InChI=1S/C15H14BrNO2/c1-3-19-12-7-11(8-17-9-12)15(18)13-6-4-5-10(2)14(13)16/h4-9H,3H2,1-2H3. The van der Waals surface area contributed by atoms with Crippen LogP contribution in [0.1, 0.15) is 28.4 Å². The van der Waals surface area contributed by atoms with E-state index in [1.54, 1.807) is 24.5 Å². The van der Waals surface area contributed by atoms with Crippen molar-refractivity contribution >= 4 is 21.7 Å². The minimum absolute atomic E-state index is 0.0652. The molecule has 1 heterocycles. The van der Waals surface area contributed by atoms with Crippen LogP contribution in [0.15, 0.2) is 41.1 Å². The number of rotatable bonds is 4. The van der Waals surface area contributed by atoms with Crippen molar-refractivity contribution in [1.29, 1.82) is 0 Å². The number of aryl methyl sites for hydroxylation is 1. The van der Waals surface area contributed by atoms with Gasteiger partial charge in [-0.2, -0.15) is 0 Å². The molecule has 0 saturated heterocycles. The molecule has 0 spiro atoms. The molecule has 98 valence electrons. The molecule has 3 nitrogen and oxygen atoms in total. The van der Waals surface area contributed by atoms with Crippen LogP contribution in [0.4, 0.5) is 0 Å². The van der Waals surface area contributed by atoms with Gasteiger partial charge in [-0.05, 0) is 47.5 Å². The van der Waals surface area contributed by atoms with Crippen molar-refractivity contribution in [2.24, 2.45) is 0 Å². The molecule has 4 heteroatoms. The van der Waals surface area contributed by atoms with E-state index in [0.29, 0.717) is 23.5 Å². The number of carbonyl (C=O) groups is 1. The third-order valence-electron chi connectivity index (χ3n) is 2.72. The molecular weight excluding hydrogens is 306 g/mol. The molecule has 0 amide bonds. The zero-order valence-electron chi connectivity index (χ0n) is 10.8. The molecule has 0 fully saturated rings. The van der Waals surface area contributed by atoms with E-state index in [-0.39, 0.29) is 5.78 Å². The molecule has 19 heavy (non-hydrogen) atoms. The van der Waals surface area contributed by atoms with Crippen LogP contribution < -0.4 is 4.74 Å². The molecule has 0 aliphatic carbocycles. The van der Waals surface area contributed by atoms with Gasteiger partial charge in [0.05, 0.1) is 12.8 Å². The highest BCUT2D eigenvalue weighted by atomic mass is 79.9. The van der Waals surface area contributed by atoms with Crippen molar-refractivity contribution in [2.75, 3.05) is 6.61 Å². The number of ether oxygens (including phenoxy) is 1. The fourth-order valence-corrected chi connectivity index (χ4v) is 2.21. The molecule has 2 aromatic rings. The summed E-state index contributed by atoms with van der Waals surface area (Å²) in [7, 11) is 0. The first-order valence-electron chi connectivity index (χ1n) is 6.01. The van der Waals surface area contributed by atoms with Crippen LogP contribution in [0.3, 0.4) is 0 Å². The highest BCUT2D eigenvalue weighted by Crippen LogP contribution is 2.24. The summed E-state index contributed by atoms with van der Waals surface area (Å²) < 4.78 is 6.18. The third-order valence-corrected chi connectivity index (χ3v) is 3.78. The summed E-state index contributed by atoms with van der Waals surface area (Å²) in [6.07, 6.45) is 3.16. The number of benzene rings is 1. The van der Waals surface area contributed by atoms with E-state index in [2.05, 4.69) is 20.9 Å². The maximum Gasteiger partial charge on any atom is 0.195 e. The minimum atomic E-state index is -0.0652. The number of carbonyl (C=O) groups excluding carboxylic acids is 1. The zero-order valence-corrected chi connectivity index (χ0v) is 12.4. The first kappa shape index (κ1) is 13.7. The number of nitrogens with zero attached hydrogens (tertiary/aromatic N) is 1. The highest BCUT2D eigenvalue weighted by Gasteiger charge is 2.14. The van der Waals surface area contributed by atoms with Crippen molar-refractivity contribution in [3.05, 3.63) is 57.8 Å². The van der Waals surface area contributed by atoms with Crippen molar-refractivity contribution in [1.82, 2.24) is 4.98 Å². The van der Waals surface area contributed by atoms with Crippen molar-refractivity contribution in [3.8, 4) is 5.75 Å². The topological polar surface area (TPSA) is 39.2 Å². The fourth-order valence-electron chi connectivity index (χ4n) is 1.77. The van der Waals surface area contributed by atoms with Crippen LogP contribution in [-0.4, -0.2) is 17.4 Å². The Kier molecular flexibility index (Phi) is 4.32. The minimum Gasteiger partial charge on any atom is -0.492 e. The smallest absolute Gasteiger partial charge is 0.195 e. The van der Waals surface area contributed by atoms with Gasteiger partial charge in [0.15, 0.2) is 5.78 Å². The molecule has 1 aromatic carbocycles. The summed E-state index contributed by atoms with van der Waals surface area (Å²) in [5.74, 6) is 0.543. The fraction of sp³-hybridized carbons (Fsp3) is 0.200. The first-order valence-corrected chi connectivity index (χ1v) is 6.80. The summed E-state index contributed by atoms with van der Waals surface area (Å²) in [6.45, 7) is 4.40. The summed E-state index contributed by atoms with van der Waals surface area (Å²) in [5, 5.41) is 0. The molecular formula is C15H14BrNO2. The van der Waals surface area contributed by atoms with E-state index >= 15 is 0 Å². The normalized spacial score (nSPS) is 10.3. The van der Waals surface area contributed by atoms with Crippen LogP contribution in [0.2, 0.25) is 0 Å². The number of halogens is 1. The highest BCUT2D eigenvalue weighted by molar-refractivity contribution is 9.10. The van der Waals surface area contributed by atoms with Gasteiger partial charge in [-0.15, -0.1) is 0 Å². The maximum atomic E-state index is 12.5. The van der Waals surface area contributed by atoms with E-state index in [9.17, 15) is 4.79 Å². The van der Waals surface area contributed by atoms with Gasteiger partial charge < -0.3 is 4.74 Å². The molecule has 0 aliphatic heterocycles. The molecule has 0 atom stereocenters. The van der Waals surface area contributed by atoms with Crippen molar-refractivity contribution < 1.29 is 9.53 Å². The molecule has 0 bridgehead atoms. The van der Waals surface area contributed by atoms with E-state index < -0.39 is 0 Å². The van der Waals surface area contributed by atoms with Crippen LogP contribution in [0.5, 0.6) is 5.75 Å². The lowest BCUT2D eigenvalue weighted by Gasteiger charge is -2.07. The van der Waals surface area contributed by atoms with Gasteiger partial charge in [-0.1, -0.05) is 12.1 Å².